The molecule has 0 saturated heterocycles. The highest BCUT2D eigenvalue weighted by Gasteiger charge is 2.33. The zero-order valence-corrected chi connectivity index (χ0v) is 10.7. The fourth-order valence-corrected chi connectivity index (χ4v) is 3.36. The second kappa shape index (κ2) is 5.38. The summed E-state index contributed by atoms with van der Waals surface area (Å²) in [6, 6.07) is 1.06. The molecular weight excluding hydrogens is 261 g/mol. The van der Waals surface area contributed by atoms with Crippen LogP contribution in [0, 0.1) is 0 Å². The first-order valence-electron chi connectivity index (χ1n) is 5.96. The molecule has 0 unspecified atom stereocenters. The fraction of sp³-hybridized carbons (Fsp3) is 0.583. The van der Waals surface area contributed by atoms with Crippen LogP contribution in [0.25, 0.3) is 0 Å². The molecule has 6 heteroatoms. The molecule has 18 heavy (non-hydrogen) atoms. The third kappa shape index (κ3) is 3.31. The summed E-state index contributed by atoms with van der Waals surface area (Å²) in [5.41, 5.74) is 5.17. The van der Waals surface area contributed by atoms with Gasteiger partial charge in [0.15, 0.2) is 0 Å². The van der Waals surface area contributed by atoms with Gasteiger partial charge in [0.2, 0.25) is 0 Å². The van der Waals surface area contributed by atoms with Crippen LogP contribution in [0.15, 0.2) is 17.2 Å². The highest BCUT2D eigenvalue weighted by molar-refractivity contribution is 8.00. The molecule has 0 bridgehead atoms. The van der Waals surface area contributed by atoms with Gasteiger partial charge in [-0.25, -0.2) is 4.98 Å². The number of anilines is 1. The second-order valence-corrected chi connectivity index (χ2v) is 5.83. The van der Waals surface area contributed by atoms with Crippen LogP contribution in [0.1, 0.15) is 37.8 Å². The van der Waals surface area contributed by atoms with Gasteiger partial charge < -0.3 is 5.73 Å². The summed E-state index contributed by atoms with van der Waals surface area (Å²) in [7, 11) is 0. The summed E-state index contributed by atoms with van der Waals surface area (Å²) >= 11 is 1.46. The van der Waals surface area contributed by atoms with Gasteiger partial charge in [-0.1, -0.05) is 19.3 Å². The smallest absolute Gasteiger partial charge is 0.397 e. The maximum atomic E-state index is 12.6. The number of pyridine rings is 1. The molecule has 1 fully saturated rings. The zero-order chi connectivity index (χ0) is 13.2. The summed E-state index contributed by atoms with van der Waals surface area (Å²) in [5.74, 6) is 0. The molecule has 1 heterocycles. The molecule has 0 aliphatic heterocycles. The van der Waals surface area contributed by atoms with E-state index in [-0.39, 0.29) is 0 Å². The minimum Gasteiger partial charge on any atom is -0.397 e. The highest BCUT2D eigenvalue weighted by Crippen LogP contribution is 2.38. The molecule has 1 aromatic heterocycles. The molecule has 0 amide bonds. The van der Waals surface area contributed by atoms with E-state index in [1.807, 2.05) is 0 Å². The predicted octanol–water partition coefficient (Wildman–Crippen LogP) is 4.11. The Balaban J connectivity index is 2.15. The van der Waals surface area contributed by atoms with Gasteiger partial charge in [-0.15, -0.1) is 11.8 Å². The molecule has 2 nitrogen and oxygen atoms in total. The van der Waals surface area contributed by atoms with E-state index in [1.54, 1.807) is 0 Å². The Kier molecular flexibility index (Phi) is 4.04. The van der Waals surface area contributed by atoms with Gasteiger partial charge in [0.05, 0.1) is 11.9 Å². The quantitative estimate of drug-likeness (QED) is 0.883. The highest BCUT2D eigenvalue weighted by atomic mass is 32.2. The lowest BCUT2D eigenvalue weighted by Gasteiger charge is -2.21. The number of halogens is 3. The van der Waals surface area contributed by atoms with E-state index in [0.29, 0.717) is 15.8 Å². The van der Waals surface area contributed by atoms with E-state index in [2.05, 4.69) is 4.98 Å². The molecule has 100 valence electrons. The number of nitrogen functional groups attached to an aromatic ring is 1. The molecular formula is C12H15F3N2S. The summed E-state index contributed by atoms with van der Waals surface area (Å²) in [6.45, 7) is 0. The molecule has 0 radical (unpaired) electrons. The zero-order valence-electron chi connectivity index (χ0n) is 9.83. The third-order valence-electron chi connectivity index (χ3n) is 3.03. The molecule has 2 N–H and O–H groups in total. The van der Waals surface area contributed by atoms with E-state index < -0.39 is 11.9 Å². The van der Waals surface area contributed by atoms with Gasteiger partial charge >= 0.3 is 6.18 Å². The molecule has 2 rings (SSSR count). The monoisotopic (exact) mass is 276 g/mol. The van der Waals surface area contributed by atoms with Gasteiger partial charge in [-0.05, 0) is 18.9 Å². The van der Waals surface area contributed by atoms with E-state index in [1.165, 1.54) is 18.2 Å². The number of alkyl halides is 3. The Morgan fingerprint density at radius 1 is 1.22 bits per heavy atom. The Labute approximate surface area is 108 Å². The summed E-state index contributed by atoms with van der Waals surface area (Å²) in [4.78, 5) is 3.84. The lowest BCUT2D eigenvalue weighted by Crippen LogP contribution is -2.11. The number of hydrogen-bond donors (Lipinski definition) is 1. The van der Waals surface area contributed by atoms with Crippen LogP contribution >= 0.6 is 11.8 Å². The normalized spacial score (nSPS) is 17.9. The minimum absolute atomic E-state index is 0.332. The first kappa shape index (κ1) is 13.5. The van der Waals surface area contributed by atoms with Crippen molar-refractivity contribution in [3.05, 3.63) is 18.0 Å². The second-order valence-electron chi connectivity index (χ2n) is 4.48. The van der Waals surface area contributed by atoms with Gasteiger partial charge in [-0.2, -0.15) is 13.2 Å². The SMILES string of the molecule is Nc1cnc(C(F)(F)F)cc1SC1CCCCC1. The van der Waals surface area contributed by atoms with Crippen molar-refractivity contribution >= 4 is 17.4 Å². The Morgan fingerprint density at radius 2 is 1.89 bits per heavy atom. The standard InChI is InChI=1S/C12H15F3N2S/c13-12(14,15)11-6-10(9(16)7-17-11)18-8-4-2-1-3-5-8/h6-8H,1-5,16H2. The van der Waals surface area contributed by atoms with E-state index in [4.69, 9.17) is 5.73 Å². The molecule has 1 aliphatic rings. The van der Waals surface area contributed by atoms with Crippen LogP contribution in [0.3, 0.4) is 0 Å². The predicted molar refractivity (Wildman–Crippen MR) is 66.4 cm³/mol. The van der Waals surface area contributed by atoms with Crippen LogP contribution in [0.5, 0.6) is 0 Å². The molecule has 0 aromatic carbocycles. The Bertz CT molecular complexity index is 414. The van der Waals surface area contributed by atoms with Gasteiger partial charge in [0.25, 0.3) is 0 Å². The van der Waals surface area contributed by atoms with Crippen molar-refractivity contribution in [2.75, 3.05) is 5.73 Å². The van der Waals surface area contributed by atoms with Gasteiger partial charge in [-0.3, -0.25) is 0 Å². The number of thioether (sulfide) groups is 1. The lowest BCUT2D eigenvalue weighted by atomic mass is 10.0. The van der Waals surface area contributed by atoms with Crippen LogP contribution in [-0.4, -0.2) is 10.2 Å². The van der Waals surface area contributed by atoms with Crippen molar-refractivity contribution in [3.63, 3.8) is 0 Å². The van der Waals surface area contributed by atoms with E-state index in [0.717, 1.165) is 37.9 Å². The first-order chi connectivity index (χ1) is 8.47. The van der Waals surface area contributed by atoms with Crippen molar-refractivity contribution in [3.8, 4) is 0 Å². The minimum atomic E-state index is -4.41. The van der Waals surface area contributed by atoms with Gasteiger partial charge in [0.1, 0.15) is 5.69 Å². The molecule has 1 aromatic rings. The maximum Gasteiger partial charge on any atom is 0.433 e. The number of hydrogen-bond acceptors (Lipinski definition) is 3. The van der Waals surface area contributed by atoms with Crippen LogP contribution < -0.4 is 5.73 Å². The topological polar surface area (TPSA) is 38.9 Å². The van der Waals surface area contributed by atoms with Crippen LogP contribution in [0.2, 0.25) is 0 Å². The van der Waals surface area contributed by atoms with Gasteiger partial charge in [0, 0.05) is 10.1 Å². The lowest BCUT2D eigenvalue weighted by molar-refractivity contribution is -0.141. The average Bonchev–Trinajstić information content (AvgIpc) is 2.32. The largest absolute Gasteiger partial charge is 0.433 e. The number of aromatic nitrogens is 1. The molecule has 0 spiro atoms. The molecule has 1 saturated carbocycles. The average molecular weight is 276 g/mol. The van der Waals surface area contributed by atoms with Crippen molar-refractivity contribution in [1.29, 1.82) is 0 Å². The summed E-state index contributed by atoms with van der Waals surface area (Å²) < 4.78 is 37.7. The first-order valence-corrected chi connectivity index (χ1v) is 6.84. The van der Waals surface area contributed by atoms with Crippen molar-refractivity contribution in [2.24, 2.45) is 0 Å². The molecule has 0 atom stereocenters. The van der Waals surface area contributed by atoms with Crippen LogP contribution in [0.4, 0.5) is 18.9 Å². The molecule has 1 aliphatic carbocycles. The fourth-order valence-electron chi connectivity index (χ4n) is 2.07. The number of rotatable bonds is 2. The van der Waals surface area contributed by atoms with Crippen molar-refractivity contribution < 1.29 is 13.2 Å². The van der Waals surface area contributed by atoms with Crippen molar-refractivity contribution in [2.45, 2.75) is 48.4 Å². The van der Waals surface area contributed by atoms with Crippen molar-refractivity contribution in [1.82, 2.24) is 4.98 Å². The summed E-state index contributed by atoms with van der Waals surface area (Å²) in [5, 5.41) is 0.379. The number of nitrogens with zero attached hydrogens (tertiary/aromatic N) is 1. The Hall–Kier alpha value is -0.910. The maximum absolute atomic E-state index is 12.6. The third-order valence-corrected chi connectivity index (χ3v) is 4.44. The van der Waals surface area contributed by atoms with E-state index in [9.17, 15) is 13.2 Å². The number of nitrogens with two attached hydrogens (primary N) is 1. The summed E-state index contributed by atoms with van der Waals surface area (Å²) in [6.07, 6.45) is 2.31. The Morgan fingerprint density at radius 3 is 2.50 bits per heavy atom. The van der Waals surface area contributed by atoms with E-state index >= 15 is 0 Å². The van der Waals surface area contributed by atoms with Crippen LogP contribution in [-0.2, 0) is 6.18 Å².